The molecule has 6 heteroatoms. The molecule has 0 radical (unpaired) electrons. The molecule has 1 aliphatic heterocycles. The fourth-order valence-electron chi connectivity index (χ4n) is 2.43. The first-order valence-corrected chi connectivity index (χ1v) is 7.05. The maximum Gasteiger partial charge on any atom is 0.269 e. The molecule has 0 unspecified atom stereocenters. The molecular weight excluding hydrogens is 284 g/mol. The predicted molar refractivity (Wildman–Crippen MR) is 82.4 cm³/mol. The van der Waals surface area contributed by atoms with E-state index in [0.29, 0.717) is 6.54 Å². The van der Waals surface area contributed by atoms with Crippen molar-refractivity contribution in [1.29, 1.82) is 0 Å². The molecule has 0 atom stereocenters. The highest BCUT2D eigenvalue weighted by Crippen LogP contribution is 2.33. The number of hydrogen-bond donors (Lipinski definition) is 0. The molecule has 0 N–H and O–H groups in total. The summed E-state index contributed by atoms with van der Waals surface area (Å²) in [6.45, 7) is 3.81. The van der Waals surface area contributed by atoms with Crippen molar-refractivity contribution < 1.29 is 14.4 Å². The minimum Gasteiger partial charge on any atom is -0.454 e. The van der Waals surface area contributed by atoms with Gasteiger partial charge in [-0.15, -0.1) is 0 Å². The SMILES string of the molecule is CCN(Cc1ccc2c(c1)OCO2)c1ccc([N+](=O)[O-])cc1. The van der Waals surface area contributed by atoms with Crippen LogP contribution in [0.25, 0.3) is 0 Å². The third-order valence-corrected chi connectivity index (χ3v) is 3.62. The Morgan fingerprint density at radius 2 is 1.86 bits per heavy atom. The van der Waals surface area contributed by atoms with Gasteiger partial charge in [0.15, 0.2) is 11.5 Å². The number of fused-ring (bicyclic) bond motifs is 1. The number of nitro groups is 1. The van der Waals surface area contributed by atoms with Gasteiger partial charge in [0.25, 0.3) is 5.69 Å². The van der Waals surface area contributed by atoms with Crippen LogP contribution in [0.3, 0.4) is 0 Å². The first-order chi connectivity index (χ1) is 10.7. The number of benzene rings is 2. The molecule has 1 aliphatic rings. The molecule has 0 saturated carbocycles. The highest BCUT2D eigenvalue weighted by atomic mass is 16.7. The standard InChI is InChI=1S/C16H16N2O4/c1-2-17(13-4-6-14(7-5-13)18(19)20)10-12-3-8-15-16(9-12)22-11-21-15/h3-9H,2,10-11H2,1H3. The van der Waals surface area contributed by atoms with E-state index in [0.717, 1.165) is 29.3 Å². The average Bonchev–Trinajstić information content (AvgIpc) is 3.00. The van der Waals surface area contributed by atoms with Crippen LogP contribution in [0.15, 0.2) is 42.5 Å². The predicted octanol–water partition coefficient (Wildman–Crippen LogP) is 3.35. The first-order valence-electron chi connectivity index (χ1n) is 7.05. The molecular formula is C16H16N2O4. The molecule has 0 aromatic heterocycles. The van der Waals surface area contributed by atoms with E-state index in [-0.39, 0.29) is 12.5 Å². The third-order valence-electron chi connectivity index (χ3n) is 3.62. The van der Waals surface area contributed by atoms with Crippen LogP contribution >= 0.6 is 0 Å². The van der Waals surface area contributed by atoms with Crippen LogP contribution in [0.5, 0.6) is 11.5 Å². The van der Waals surface area contributed by atoms with E-state index in [1.807, 2.05) is 25.1 Å². The van der Waals surface area contributed by atoms with Crippen molar-refractivity contribution in [2.45, 2.75) is 13.5 Å². The van der Waals surface area contributed by atoms with Gasteiger partial charge in [-0.3, -0.25) is 10.1 Å². The zero-order chi connectivity index (χ0) is 15.5. The van der Waals surface area contributed by atoms with Gasteiger partial charge in [-0.05, 0) is 36.8 Å². The van der Waals surface area contributed by atoms with Crippen molar-refractivity contribution in [3.8, 4) is 11.5 Å². The van der Waals surface area contributed by atoms with Crippen molar-refractivity contribution in [3.63, 3.8) is 0 Å². The van der Waals surface area contributed by atoms with Crippen molar-refractivity contribution in [3.05, 3.63) is 58.1 Å². The topological polar surface area (TPSA) is 64.8 Å². The van der Waals surface area contributed by atoms with E-state index in [9.17, 15) is 10.1 Å². The summed E-state index contributed by atoms with van der Waals surface area (Å²) in [7, 11) is 0. The van der Waals surface area contributed by atoms with Crippen LogP contribution < -0.4 is 14.4 Å². The number of rotatable bonds is 5. The largest absolute Gasteiger partial charge is 0.454 e. The summed E-state index contributed by atoms with van der Waals surface area (Å²) < 4.78 is 10.7. The highest BCUT2D eigenvalue weighted by molar-refractivity contribution is 5.52. The molecule has 0 saturated heterocycles. The lowest BCUT2D eigenvalue weighted by atomic mass is 10.1. The Morgan fingerprint density at radius 1 is 1.14 bits per heavy atom. The Hall–Kier alpha value is -2.76. The zero-order valence-electron chi connectivity index (χ0n) is 12.2. The second-order valence-corrected chi connectivity index (χ2v) is 4.98. The van der Waals surface area contributed by atoms with Gasteiger partial charge in [0, 0.05) is 30.9 Å². The van der Waals surface area contributed by atoms with Crippen molar-refractivity contribution in [1.82, 2.24) is 0 Å². The Balaban J connectivity index is 1.78. The van der Waals surface area contributed by atoms with Gasteiger partial charge in [-0.2, -0.15) is 0 Å². The molecule has 0 aliphatic carbocycles. The lowest BCUT2D eigenvalue weighted by Gasteiger charge is -2.23. The monoisotopic (exact) mass is 300 g/mol. The Bertz CT molecular complexity index is 685. The quantitative estimate of drug-likeness (QED) is 0.626. The maximum atomic E-state index is 10.7. The number of anilines is 1. The van der Waals surface area contributed by atoms with Crippen LogP contribution in [-0.4, -0.2) is 18.3 Å². The van der Waals surface area contributed by atoms with Gasteiger partial charge in [-0.25, -0.2) is 0 Å². The second kappa shape index (κ2) is 5.93. The molecule has 3 rings (SSSR count). The molecule has 0 amide bonds. The summed E-state index contributed by atoms with van der Waals surface area (Å²) in [6, 6.07) is 12.5. The van der Waals surface area contributed by atoms with Gasteiger partial charge in [0.05, 0.1) is 4.92 Å². The van der Waals surface area contributed by atoms with Crippen LogP contribution in [-0.2, 0) is 6.54 Å². The normalized spacial score (nSPS) is 12.2. The van der Waals surface area contributed by atoms with Crippen molar-refractivity contribution in [2.24, 2.45) is 0 Å². The van der Waals surface area contributed by atoms with Crippen LogP contribution in [0, 0.1) is 10.1 Å². The fraction of sp³-hybridized carbons (Fsp3) is 0.250. The number of non-ortho nitro benzene ring substituents is 1. The number of nitro benzene ring substituents is 1. The molecule has 22 heavy (non-hydrogen) atoms. The highest BCUT2D eigenvalue weighted by Gasteiger charge is 2.15. The summed E-state index contributed by atoms with van der Waals surface area (Å²) in [6.07, 6.45) is 0. The molecule has 2 aromatic carbocycles. The van der Waals surface area contributed by atoms with E-state index >= 15 is 0 Å². The van der Waals surface area contributed by atoms with E-state index in [2.05, 4.69) is 4.90 Å². The first kappa shape index (κ1) is 14.2. The number of ether oxygens (including phenoxy) is 2. The van der Waals surface area contributed by atoms with Crippen molar-refractivity contribution >= 4 is 11.4 Å². The number of hydrogen-bond acceptors (Lipinski definition) is 5. The molecule has 0 spiro atoms. The summed E-state index contributed by atoms with van der Waals surface area (Å²) >= 11 is 0. The van der Waals surface area contributed by atoms with Gasteiger partial charge in [-0.1, -0.05) is 6.07 Å². The summed E-state index contributed by atoms with van der Waals surface area (Å²) in [5, 5.41) is 10.7. The van der Waals surface area contributed by atoms with E-state index in [4.69, 9.17) is 9.47 Å². The van der Waals surface area contributed by atoms with E-state index in [1.165, 1.54) is 12.1 Å². The van der Waals surface area contributed by atoms with Gasteiger partial charge in [0.1, 0.15) is 0 Å². The zero-order valence-corrected chi connectivity index (χ0v) is 12.2. The smallest absolute Gasteiger partial charge is 0.269 e. The van der Waals surface area contributed by atoms with E-state index < -0.39 is 4.92 Å². The lowest BCUT2D eigenvalue weighted by molar-refractivity contribution is -0.384. The maximum absolute atomic E-state index is 10.7. The molecule has 0 fully saturated rings. The van der Waals surface area contributed by atoms with Crippen LogP contribution in [0.1, 0.15) is 12.5 Å². The van der Waals surface area contributed by atoms with Gasteiger partial charge >= 0.3 is 0 Å². The van der Waals surface area contributed by atoms with Crippen LogP contribution in [0.2, 0.25) is 0 Å². The molecule has 2 aromatic rings. The van der Waals surface area contributed by atoms with Crippen LogP contribution in [0.4, 0.5) is 11.4 Å². The average molecular weight is 300 g/mol. The minimum absolute atomic E-state index is 0.0999. The lowest BCUT2D eigenvalue weighted by Crippen LogP contribution is -2.21. The third kappa shape index (κ3) is 2.81. The summed E-state index contributed by atoms with van der Waals surface area (Å²) in [5.41, 5.74) is 2.15. The molecule has 0 bridgehead atoms. The van der Waals surface area contributed by atoms with Gasteiger partial charge < -0.3 is 14.4 Å². The molecule has 6 nitrogen and oxygen atoms in total. The Labute approximate surface area is 128 Å². The molecule has 114 valence electrons. The Kier molecular flexibility index (Phi) is 3.82. The van der Waals surface area contributed by atoms with E-state index in [1.54, 1.807) is 12.1 Å². The Morgan fingerprint density at radius 3 is 2.55 bits per heavy atom. The molecule has 1 heterocycles. The van der Waals surface area contributed by atoms with Crippen molar-refractivity contribution in [2.75, 3.05) is 18.2 Å². The summed E-state index contributed by atoms with van der Waals surface area (Å²) in [5.74, 6) is 1.53. The minimum atomic E-state index is -0.391. The second-order valence-electron chi connectivity index (χ2n) is 4.98. The van der Waals surface area contributed by atoms with Gasteiger partial charge in [0.2, 0.25) is 6.79 Å². The summed E-state index contributed by atoms with van der Waals surface area (Å²) in [4.78, 5) is 12.5. The number of nitrogens with zero attached hydrogens (tertiary/aromatic N) is 2. The fourth-order valence-corrected chi connectivity index (χ4v) is 2.43.